The predicted molar refractivity (Wildman–Crippen MR) is 119 cm³/mol. The van der Waals surface area contributed by atoms with Crippen LogP contribution >= 0.6 is 22.6 Å². The molecule has 2 atom stereocenters. The second kappa shape index (κ2) is 8.07. The van der Waals surface area contributed by atoms with Crippen LogP contribution in [0.1, 0.15) is 48.0 Å². The molecule has 4 rings (SSSR count). The van der Waals surface area contributed by atoms with Gasteiger partial charge < -0.3 is 14.8 Å². The number of rotatable bonds is 4. The topological polar surface area (TPSA) is 57.6 Å². The molecule has 150 valence electrons. The number of aromatic nitrogens is 1. The van der Waals surface area contributed by atoms with Crippen molar-refractivity contribution in [1.29, 1.82) is 0 Å². The standard InChI is InChI=1S/C21H27IN4O2/c1-24(12-14-8-10-26(18(22)11-14)15-5-3-6-15)20(27)17-13-25(2)21(28)19-16(17)7-4-9-23-19/h13-15,18,23H,3,5-6,8-12H2,1-2H3. The molecule has 2 aliphatic heterocycles. The first-order chi connectivity index (χ1) is 13.5. The van der Waals surface area contributed by atoms with Gasteiger partial charge in [0.25, 0.3) is 11.5 Å². The molecule has 1 amide bonds. The Morgan fingerprint density at radius 2 is 2.18 bits per heavy atom. The van der Waals surface area contributed by atoms with Gasteiger partial charge >= 0.3 is 0 Å². The van der Waals surface area contributed by atoms with E-state index in [9.17, 15) is 9.59 Å². The Balaban J connectivity index is 1.46. The molecular weight excluding hydrogens is 467 g/mol. The van der Waals surface area contributed by atoms with Crippen LogP contribution in [0.5, 0.6) is 0 Å². The molecule has 0 bridgehead atoms. The van der Waals surface area contributed by atoms with E-state index in [2.05, 4.69) is 44.6 Å². The van der Waals surface area contributed by atoms with E-state index in [1.54, 1.807) is 13.2 Å². The lowest BCUT2D eigenvalue weighted by atomic mass is 9.87. The van der Waals surface area contributed by atoms with E-state index in [0.717, 1.165) is 32.0 Å². The first-order valence-corrected chi connectivity index (χ1v) is 11.3. The number of piperidine rings is 1. The minimum Gasteiger partial charge on any atom is -0.369 e. The van der Waals surface area contributed by atoms with Crippen molar-refractivity contribution in [2.75, 3.05) is 32.0 Å². The number of anilines is 1. The summed E-state index contributed by atoms with van der Waals surface area (Å²) in [4.78, 5) is 30.0. The third-order valence-corrected chi connectivity index (χ3v) is 7.50. The molecule has 2 fully saturated rings. The smallest absolute Gasteiger partial charge is 0.274 e. The molecule has 7 heteroatoms. The summed E-state index contributed by atoms with van der Waals surface area (Å²) in [6, 6.07) is 0.783. The monoisotopic (exact) mass is 494 g/mol. The third-order valence-electron chi connectivity index (χ3n) is 6.28. The van der Waals surface area contributed by atoms with E-state index in [-0.39, 0.29) is 11.5 Å². The van der Waals surface area contributed by atoms with Gasteiger partial charge in [0.1, 0.15) is 5.69 Å². The van der Waals surface area contributed by atoms with Gasteiger partial charge in [0, 0.05) is 32.9 Å². The highest BCUT2D eigenvalue weighted by Gasteiger charge is 2.35. The number of hydrogen-bond acceptors (Lipinski definition) is 4. The molecule has 1 saturated carbocycles. The van der Waals surface area contributed by atoms with E-state index in [0.29, 0.717) is 33.3 Å². The first-order valence-electron chi connectivity index (χ1n) is 10.1. The van der Waals surface area contributed by atoms with Crippen molar-refractivity contribution in [2.24, 2.45) is 13.0 Å². The number of nitrogens with one attached hydrogen (secondary N) is 1. The van der Waals surface area contributed by atoms with Gasteiger partial charge in [-0.1, -0.05) is 40.9 Å². The molecule has 28 heavy (non-hydrogen) atoms. The van der Waals surface area contributed by atoms with Gasteiger partial charge in [-0.25, -0.2) is 0 Å². The lowest BCUT2D eigenvalue weighted by Gasteiger charge is -2.45. The van der Waals surface area contributed by atoms with Crippen molar-refractivity contribution in [3.05, 3.63) is 27.7 Å². The minimum atomic E-state index is -0.140. The number of likely N-dealkylation sites (tertiary alicyclic amines) is 1. The third kappa shape index (κ3) is 3.69. The minimum absolute atomic E-state index is 0.0590. The zero-order chi connectivity index (χ0) is 19.8. The number of halogens is 1. The summed E-state index contributed by atoms with van der Waals surface area (Å²) in [6.07, 6.45) is 7.95. The lowest BCUT2D eigenvalue weighted by Crippen LogP contribution is -2.49. The largest absolute Gasteiger partial charge is 0.369 e. The quantitative estimate of drug-likeness (QED) is 0.302. The van der Waals surface area contributed by atoms with Gasteiger partial charge in [-0.3, -0.25) is 14.5 Å². The number of pyridine rings is 1. The normalized spacial score (nSPS) is 24.4. The Bertz CT molecular complexity index is 896. The molecule has 1 saturated heterocycles. The number of alkyl halides is 1. The molecular formula is C21H27IN4O2. The number of fused-ring (bicyclic) bond motifs is 1. The second-order valence-electron chi connectivity index (χ2n) is 8.20. The van der Waals surface area contributed by atoms with Crippen LogP contribution in [0.25, 0.3) is 0 Å². The fourth-order valence-corrected chi connectivity index (χ4v) is 5.88. The summed E-state index contributed by atoms with van der Waals surface area (Å²) in [7, 11) is 3.55. The highest BCUT2D eigenvalue weighted by Crippen LogP contribution is 2.35. The van der Waals surface area contributed by atoms with E-state index in [1.165, 1.54) is 23.8 Å². The number of hydrogen-bond donors (Lipinski definition) is 1. The zero-order valence-corrected chi connectivity index (χ0v) is 18.7. The molecule has 1 aromatic rings. The summed E-state index contributed by atoms with van der Waals surface area (Å²) >= 11 is 2.58. The van der Waals surface area contributed by atoms with Crippen LogP contribution in [0.15, 0.2) is 11.0 Å². The van der Waals surface area contributed by atoms with Gasteiger partial charge in [0.05, 0.1) is 21.7 Å². The predicted octanol–water partition coefficient (Wildman–Crippen LogP) is 2.26. The second-order valence-corrected chi connectivity index (χ2v) is 9.64. The first kappa shape index (κ1) is 19.8. The fourth-order valence-electron chi connectivity index (χ4n) is 4.43. The number of carbonyl (C=O) groups excluding carboxylic acids is 1. The molecule has 1 aliphatic carbocycles. The Labute approximate surface area is 179 Å². The van der Waals surface area contributed by atoms with Crippen molar-refractivity contribution < 1.29 is 4.79 Å². The Morgan fingerprint density at radius 3 is 2.86 bits per heavy atom. The van der Waals surface area contributed by atoms with Crippen LogP contribution < -0.4 is 10.9 Å². The summed E-state index contributed by atoms with van der Waals surface area (Å²) in [5, 5.41) is 3.04. The maximum Gasteiger partial charge on any atom is 0.274 e. The zero-order valence-electron chi connectivity index (χ0n) is 16.5. The Morgan fingerprint density at radius 1 is 1.39 bits per heavy atom. The average molecular weight is 494 g/mol. The van der Waals surface area contributed by atoms with Crippen LogP contribution in [0.2, 0.25) is 0 Å². The fraction of sp³-hybridized carbons (Fsp3) is 0.619. The Hall–Kier alpha value is -1.53. The van der Waals surface area contributed by atoms with Crippen molar-refractivity contribution >= 4 is 34.2 Å². The number of aryl methyl sites for hydroxylation is 1. The summed E-state index contributed by atoms with van der Waals surface area (Å²) < 4.78 is 2.03. The van der Waals surface area contributed by atoms with Gasteiger partial charge in [-0.2, -0.15) is 0 Å². The van der Waals surface area contributed by atoms with Crippen molar-refractivity contribution in [3.8, 4) is 11.8 Å². The van der Waals surface area contributed by atoms with Crippen LogP contribution in [0.3, 0.4) is 0 Å². The molecule has 2 unspecified atom stereocenters. The van der Waals surface area contributed by atoms with Gasteiger partial charge in [-0.05, 0) is 38.1 Å². The van der Waals surface area contributed by atoms with Crippen molar-refractivity contribution in [1.82, 2.24) is 14.4 Å². The molecule has 0 spiro atoms. The summed E-state index contributed by atoms with van der Waals surface area (Å²) in [6.45, 7) is 2.32. The van der Waals surface area contributed by atoms with Crippen molar-refractivity contribution in [2.45, 2.75) is 42.2 Å². The number of amides is 1. The van der Waals surface area contributed by atoms with E-state index in [1.807, 2.05) is 11.9 Å². The van der Waals surface area contributed by atoms with Crippen LogP contribution in [0.4, 0.5) is 5.69 Å². The van der Waals surface area contributed by atoms with Gasteiger partial charge in [0.2, 0.25) is 0 Å². The molecule has 3 heterocycles. The highest BCUT2D eigenvalue weighted by atomic mass is 127. The molecule has 3 aliphatic rings. The summed E-state index contributed by atoms with van der Waals surface area (Å²) in [5.74, 6) is 6.40. The van der Waals surface area contributed by atoms with Gasteiger partial charge in [0.15, 0.2) is 0 Å². The Kier molecular flexibility index (Phi) is 5.70. The van der Waals surface area contributed by atoms with E-state index >= 15 is 0 Å². The maximum absolute atomic E-state index is 13.2. The highest BCUT2D eigenvalue weighted by molar-refractivity contribution is 14.1. The molecule has 1 aromatic heterocycles. The average Bonchev–Trinajstić information content (AvgIpc) is 2.65. The van der Waals surface area contributed by atoms with E-state index < -0.39 is 0 Å². The van der Waals surface area contributed by atoms with Crippen molar-refractivity contribution in [3.63, 3.8) is 0 Å². The molecule has 0 aromatic carbocycles. The molecule has 0 radical (unpaired) electrons. The van der Waals surface area contributed by atoms with Crippen LogP contribution in [-0.2, 0) is 7.05 Å². The van der Waals surface area contributed by atoms with E-state index in [4.69, 9.17) is 0 Å². The summed E-state index contributed by atoms with van der Waals surface area (Å²) in [5.41, 5.74) is 1.36. The molecule has 1 N–H and O–H groups in total. The lowest BCUT2D eigenvalue weighted by molar-refractivity contribution is 0.0590. The van der Waals surface area contributed by atoms with Crippen LogP contribution in [-0.4, -0.2) is 57.0 Å². The van der Waals surface area contributed by atoms with Crippen LogP contribution in [0, 0.1) is 17.8 Å². The maximum atomic E-state index is 13.2. The molecule has 6 nitrogen and oxygen atoms in total. The number of nitrogens with zero attached hydrogens (tertiary/aromatic N) is 3. The number of carbonyl (C=O) groups is 1. The SMILES string of the molecule is CN(CC1CCN(C2CCC2)C(I)C1)C(=O)c1cn(C)c(=O)c2c1C#CCN2. The van der Waals surface area contributed by atoms with Gasteiger partial charge in [-0.15, -0.1) is 0 Å².